The molecule has 0 aromatic carbocycles. The maximum atomic E-state index is 14.5. The molecule has 0 radical (unpaired) electrons. The van der Waals surface area contributed by atoms with Gasteiger partial charge >= 0.3 is 5.97 Å². The number of carbonyl (C=O) groups is 4. The third-order valence-corrected chi connectivity index (χ3v) is 11.2. The van der Waals surface area contributed by atoms with Gasteiger partial charge in [0.15, 0.2) is 11.6 Å². The Balaban J connectivity index is 1.84. The first kappa shape index (κ1) is 26.3. The molecule has 5 rings (SSSR count). The summed E-state index contributed by atoms with van der Waals surface area (Å²) in [6, 6.07) is 0. The van der Waals surface area contributed by atoms with Crippen molar-refractivity contribution in [3.8, 4) is 0 Å². The van der Waals surface area contributed by atoms with Crippen LogP contribution in [0.2, 0.25) is 0 Å². The van der Waals surface area contributed by atoms with Crippen LogP contribution in [0, 0.1) is 46.3 Å². The van der Waals surface area contributed by atoms with E-state index in [0.29, 0.717) is 25.7 Å². The SMILES string of the molecule is CC(=O)O[C@H]1[C@H]2C(C)=C3C[C@@H](C(C)C)C(=O)C[C@@H](C)[C@]31[C@@H]1C(=O)C(C)=C3CC(=C(C)C)C(=O)C[C@@H](C)[C@]312. The van der Waals surface area contributed by atoms with E-state index in [-0.39, 0.29) is 52.9 Å². The lowest BCUT2D eigenvalue weighted by Crippen LogP contribution is -2.49. The van der Waals surface area contributed by atoms with E-state index in [0.717, 1.165) is 22.3 Å². The Hall–Kier alpha value is -2.30. The van der Waals surface area contributed by atoms with Gasteiger partial charge in [-0.1, -0.05) is 50.0 Å². The molecule has 2 spiro atoms. The molecule has 0 aliphatic heterocycles. The van der Waals surface area contributed by atoms with E-state index in [1.807, 2.05) is 20.8 Å². The van der Waals surface area contributed by atoms with E-state index < -0.39 is 22.9 Å². The molecule has 0 unspecified atom stereocenters. The fourth-order valence-electron chi connectivity index (χ4n) is 9.79. The van der Waals surface area contributed by atoms with Crippen molar-refractivity contribution in [1.29, 1.82) is 0 Å². The number of hydrogen-bond donors (Lipinski definition) is 0. The molecule has 3 saturated carbocycles. The third-order valence-electron chi connectivity index (χ3n) is 11.2. The minimum Gasteiger partial charge on any atom is -0.461 e. The van der Waals surface area contributed by atoms with Gasteiger partial charge in [-0.3, -0.25) is 19.2 Å². The van der Waals surface area contributed by atoms with Crippen molar-refractivity contribution in [3.63, 3.8) is 0 Å². The molecule has 0 heterocycles. The van der Waals surface area contributed by atoms with Crippen molar-refractivity contribution in [1.82, 2.24) is 0 Å². The largest absolute Gasteiger partial charge is 0.461 e. The van der Waals surface area contributed by atoms with Crippen LogP contribution in [0.3, 0.4) is 0 Å². The van der Waals surface area contributed by atoms with E-state index in [1.165, 1.54) is 18.1 Å². The van der Waals surface area contributed by atoms with Crippen molar-refractivity contribution in [3.05, 3.63) is 33.4 Å². The third kappa shape index (κ3) is 3.03. The molecule has 3 fully saturated rings. The monoisotopic (exact) mass is 506 g/mol. The lowest BCUT2D eigenvalue weighted by molar-refractivity contribution is -0.155. The molecular formula is C32H42O5. The summed E-state index contributed by atoms with van der Waals surface area (Å²) in [4.78, 5) is 54.1. The highest BCUT2D eigenvalue weighted by molar-refractivity contribution is 6.06. The average Bonchev–Trinajstić information content (AvgIpc) is 3.18. The van der Waals surface area contributed by atoms with E-state index >= 15 is 0 Å². The Morgan fingerprint density at radius 3 is 2.11 bits per heavy atom. The van der Waals surface area contributed by atoms with Crippen molar-refractivity contribution in [2.45, 2.75) is 94.1 Å². The summed E-state index contributed by atoms with van der Waals surface area (Å²) in [5.41, 5.74) is 4.78. The smallest absolute Gasteiger partial charge is 0.302 e. The Morgan fingerprint density at radius 1 is 0.919 bits per heavy atom. The average molecular weight is 507 g/mol. The molecule has 0 aromatic rings. The number of ether oxygens (including phenoxy) is 1. The lowest BCUT2D eigenvalue weighted by atomic mass is 9.51. The Bertz CT molecular complexity index is 1220. The van der Waals surface area contributed by atoms with Crippen molar-refractivity contribution >= 4 is 23.3 Å². The highest BCUT2D eigenvalue weighted by Gasteiger charge is 2.81. The molecule has 0 saturated heterocycles. The van der Waals surface area contributed by atoms with Crippen LogP contribution >= 0.6 is 0 Å². The number of carbonyl (C=O) groups excluding carboxylic acids is 4. The first-order chi connectivity index (χ1) is 17.2. The van der Waals surface area contributed by atoms with Gasteiger partial charge in [0, 0.05) is 48.3 Å². The maximum absolute atomic E-state index is 14.5. The molecular weight excluding hydrogens is 464 g/mol. The van der Waals surface area contributed by atoms with Gasteiger partial charge in [-0.25, -0.2) is 0 Å². The van der Waals surface area contributed by atoms with Gasteiger partial charge < -0.3 is 4.74 Å². The van der Waals surface area contributed by atoms with Crippen LogP contribution in [0.15, 0.2) is 33.4 Å². The molecule has 2 bridgehead atoms. The zero-order chi connectivity index (χ0) is 27.4. The second-order valence-electron chi connectivity index (χ2n) is 13.2. The normalized spacial score (nSPS) is 41.1. The molecule has 5 aliphatic rings. The van der Waals surface area contributed by atoms with Gasteiger partial charge in [-0.15, -0.1) is 0 Å². The van der Waals surface area contributed by atoms with Crippen molar-refractivity contribution < 1.29 is 23.9 Å². The number of ketones is 3. The number of hydrogen-bond acceptors (Lipinski definition) is 5. The molecule has 200 valence electrons. The Morgan fingerprint density at radius 2 is 1.54 bits per heavy atom. The molecule has 8 atom stereocenters. The zero-order valence-corrected chi connectivity index (χ0v) is 23.9. The Labute approximate surface area is 221 Å². The summed E-state index contributed by atoms with van der Waals surface area (Å²) in [6.45, 7) is 17.9. The van der Waals surface area contributed by atoms with E-state index in [9.17, 15) is 19.2 Å². The fraction of sp³-hybridized carbons (Fsp3) is 0.688. The summed E-state index contributed by atoms with van der Waals surface area (Å²) < 4.78 is 6.28. The first-order valence-corrected chi connectivity index (χ1v) is 14.1. The molecule has 5 nitrogen and oxygen atoms in total. The van der Waals surface area contributed by atoms with E-state index in [1.54, 1.807) is 0 Å². The summed E-state index contributed by atoms with van der Waals surface area (Å²) in [5, 5.41) is 0. The van der Waals surface area contributed by atoms with Crippen LogP contribution in [0.1, 0.15) is 88.0 Å². The number of allylic oxidation sites excluding steroid dienone is 4. The number of esters is 1. The topological polar surface area (TPSA) is 77.5 Å². The molecule has 5 heteroatoms. The number of Topliss-reactive ketones (excluding diaryl/α,β-unsaturated/α-hetero) is 3. The summed E-state index contributed by atoms with van der Waals surface area (Å²) in [7, 11) is 0. The highest BCUT2D eigenvalue weighted by Crippen LogP contribution is 2.80. The quantitative estimate of drug-likeness (QED) is 0.262. The molecule has 0 N–H and O–H groups in total. The van der Waals surface area contributed by atoms with Gasteiger partial charge in [-0.05, 0) is 69.4 Å². The van der Waals surface area contributed by atoms with Crippen LogP contribution in [-0.4, -0.2) is 29.4 Å². The summed E-state index contributed by atoms with van der Waals surface area (Å²) in [5.74, 6) is -0.491. The molecule has 0 aromatic heterocycles. The number of rotatable bonds is 2. The van der Waals surface area contributed by atoms with Gasteiger partial charge in [0.05, 0.1) is 0 Å². The minimum absolute atomic E-state index is 0.0794. The zero-order valence-electron chi connectivity index (χ0n) is 23.9. The maximum Gasteiger partial charge on any atom is 0.302 e. The molecule has 5 aliphatic carbocycles. The van der Waals surface area contributed by atoms with Crippen LogP contribution < -0.4 is 0 Å². The molecule has 0 amide bonds. The first-order valence-electron chi connectivity index (χ1n) is 14.1. The van der Waals surface area contributed by atoms with Crippen LogP contribution in [0.5, 0.6) is 0 Å². The van der Waals surface area contributed by atoms with Gasteiger partial charge in [0.1, 0.15) is 11.9 Å². The predicted octanol–water partition coefficient (Wildman–Crippen LogP) is 5.97. The van der Waals surface area contributed by atoms with Crippen LogP contribution in [-0.2, 0) is 23.9 Å². The van der Waals surface area contributed by atoms with Gasteiger partial charge in [0.2, 0.25) is 0 Å². The predicted molar refractivity (Wildman–Crippen MR) is 141 cm³/mol. The summed E-state index contributed by atoms with van der Waals surface area (Å²) in [6.07, 6.45) is 1.39. The van der Waals surface area contributed by atoms with E-state index in [2.05, 4.69) is 34.6 Å². The van der Waals surface area contributed by atoms with Crippen LogP contribution in [0.4, 0.5) is 0 Å². The van der Waals surface area contributed by atoms with Gasteiger partial charge in [0.25, 0.3) is 0 Å². The standard InChI is InChI=1S/C32H42O5/c1-14(2)21-12-23-18(7)27-30(37-20(9)33)32(23,17(6)11-26(21)35)29-28(36)19(8)24-13-22(15(3)4)25(34)10-16(5)31(24,27)29/h14,16-17,21,27,29-30H,10-13H2,1-9H3/t16-,17-,21+,27-,29-,30+,31-,32-/m1/s1. The minimum atomic E-state index is -0.716. The van der Waals surface area contributed by atoms with Crippen LogP contribution in [0.25, 0.3) is 0 Å². The summed E-state index contributed by atoms with van der Waals surface area (Å²) >= 11 is 0. The highest BCUT2D eigenvalue weighted by atomic mass is 16.5. The second-order valence-corrected chi connectivity index (χ2v) is 13.2. The van der Waals surface area contributed by atoms with Crippen molar-refractivity contribution in [2.24, 2.45) is 46.3 Å². The van der Waals surface area contributed by atoms with E-state index in [4.69, 9.17) is 4.74 Å². The fourth-order valence-corrected chi connectivity index (χ4v) is 9.79. The van der Waals surface area contributed by atoms with Gasteiger partial charge in [-0.2, -0.15) is 0 Å². The number of fused-ring (bicyclic) bond motifs is 1. The second kappa shape index (κ2) is 8.35. The lowest BCUT2D eigenvalue weighted by Gasteiger charge is -2.49. The Kier molecular flexibility index (Phi) is 5.94. The van der Waals surface area contributed by atoms with Crippen molar-refractivity contribution in [2.75, 3.05) is 0 Å². The molecule has 37 heavy (non-hydrogen) atoms.